The van der Waals surface area contributed by atoms with E-state index in [9.17, 15) is 4.79 Å². The third kappa shape index (κ3) is 3.00. The zero-order valence-corrected chi connectivity index (χ0v) is 8.47. The van der Waals surface area contributed by atoms with Gasteiger partial charge in [-0.05, 0) is 19.1 Å². The number of hydrogen-bond donors (Lipinski definition) is 3. The molecule has 1 rings (SSSR count). The minimum Gasteiger partial charge on any atom is -0.394 e. The maximum atomic E-state index is 11.6. The van der Waals surface area contributed by atoms with Crippen LogP contribution in [-0.4, -0.2) is 39.9 Å². The Kier molecular flexibility index (Phi) is 3.76. The molecule has 0 saturated carbocycles. The summed E-state index contributed by atoms with van der Waals surface area (Å²) in [6.45, 7) is 0.887. The Morgan fingerprint density at radius 3 is 2.60 bits per heavy atom. The lowest BCUT2D eigenvalue weighted by Crippen LogP contribution is -2.51. The number of carbonyl (C=O) groups is 1. The van der Waals surface area contributed by atoms with Crippen LogP contribution < -0.4 is 5.32 Å². The molecule has 1 aromatic heterocycles. The van der Waals surface area contributed by atoms with Crippen LogP contribution in [0.5, 0.6) is 0 Å². The SMILES string of the molecule is CC(CO)(CO)NC(=O)c1ccccn1. The Labute approximate surface area is 87.8 Å². The van der Waals surface area contributed by atoms with E-state index in [1.54, 1.807) is 25.1 Å². The summed E-state index contributed by atoms with van der Waals surface area (Å²) in [4.78, 5) is 15.4. The third-order valence-electron chi connectivity index (χ3n) is 2.01. The predicted octanol–water partition coefficient (Wildman–Crippen LogP) is -0.445. The Morgan fingerprint density at radius 2 is 2.13 bits per heavy atom. The van der Waals surface area contributed by atoms with Gasteiger partial charge < -0.3 is 15.5 Å². The van der Waals surface area contributed by atoms with Crippen LogP contribution in [0.25, 0.3) is 0 Å². The average Bonchev–Trinajstić information content (AvgIpc) is 2.30. The van der Waals surface area contributed by atoms with Crippen molar-refractivity contribution in [2.75, 3.05) is 13.2 Å². The van der Waals surface area contributed by atoms with Crippen molar-refractivity contribution in [3.63, 3.8) is 0 Å². The Hall–Kier alpha value is -1.46. The maximum Gasteiger partial charge on any atom is 0.270 e. The molecule has 0 radical (unpaired) electrons. The van der Waals surface area contributed by atoms with Crippen molar-refractivity contribution >= 4 is 5.91 Å². The number of pyridine rings is 1. The van der Waals surface area contributed by atoms with Gasteiger partial charge in [0.2, 0.25) is 0 Å². The van der Waals surface area contributed by atoms with Gasteiger partial charge in [-0.1, -0.05) is 6.07 Å². The van der Waals surface area contributed by atoms with Crippen molar-refractivity contribution < 1.29 is 15.0 Å². The number of rotatable bonds is 4. The van der Waals surface area contributed by atoms with Gasteiger partial charge in [0.1, 0.15) is 5.69 Å². The molecule has 3 N–H and O–H groups in total. The summed E-state index contributed by atoms with van der Waals surface area (Å²) < 4.78 is 0. The topological polar surface area (TPSA) is 82.5 Å². The summed E-state index contributed by atoms with van der Waals surface area (Å²) >= 11 is 0. The molecule has 1 amide bonds. The van der Waals surface area contributed by atoms with E-state index in [0.717, 1.165) is 0 Å². The van der Waals surface area contributed by atoms with Crippen LogP contribution in [0.3, 0.4) is 0 Å². The first-order chi connectivity index (χ1) is 7.11. The highest BCUT2D eigenvalue weighted by molar-refractivity contribution is 5.92. The number of nitrogens with zero attached hydrogens (tertiary/aromatic N) is 1. The highest BCUT2D eigenvalue weighted by Crippen LogP contribution is 2.03. The zero-order chi connectivity index (χ0) is 11.3. The standard InChI is InChI=1S/C10H14N2O3/c1-10(6-13,7-14)12-9(15)8-4-2-3-5-11-8/h2-5,13-14H,6-7H2,1H3,(H,12,15). The fourth-order valence-electron chi connectivity index (χ4n) is 0.964. The summed E-state index contributed by atoms with van der Waals surface area (Å²) in [5.74, 6) is -0.416. The molecular formula is C10H14N2O3. The molecule has 0 atom stereocenters. The summed E-state index contributed by atoms with van der Waals surface area (Å²) in [6.07, 6.45) is 1.50. The quantitative estimate of drug-likeness (QED) is 0.629. The molecule has 0 aliphatic rings. The highest BCUT2D eigenvalue weighted by atomic mass is 16.3. The molecule has 0 bridgehead atoms. The van der Waals surface area contributed by atoms with Gasteiger partial charge in [-0.2, -0.15) is 0 Å². The maximum absolute atomic E-state index is 11.6. The molecule has 0 aliphatic carbocycles. The smallest absolute Gasteiger partial charge is 0.270 e. The molecule has 0 fully saturated rings. The molecule has 5 nitrogen and oxygen atoms in total. The number of aliphatic hydroxyl groups is 2. The second-order valence-electron chi connectivity index (χ2n) is 3.55. The average molecular weight is 210 g/mol. The van der Waals surface area contributed by atoms with E-state index in [4.69, 9.17) is 10.2 Å². The van der Waals surface area contributed by atoms with Crippen LogP contribution in [0.4, 0.5) is 0 Å². The molecule has 1 aromatic rings. The van der Waals surface area contributed by atoms with Crippen molar-refractivity contribution in [1.82, 2.24) is 10.3 Å². The summed E-state index contributed by atoms with van der Waals surface area (Å²) in [5.41, 5.74) is -0.764. The summed E-state index contributed by atoms with van der Waals surface area (Å²) in [7, 11) is 0. The van der Waals surface area contributed by atoms with E-state index >= 15 is 0 Å². The first kappa shape index (κ1) is 11.6. The van der Waals surface area contributed by atoms with Gasteiger partial charge in [-0.15, -0.1) is 0 Å². The molecule has 0 saturated heterocycles. The minimum absolute atomic E-state index is 0.255. The van der Waals surface area contributed by atoms with E-state index in [2.05, 4.69) is 10.3 Å². The lowest BCUT2D eigenvalue weighted by molar-refractivity contribution is 0.0719. The predicted molar refractivity (Wildman–Crippen MR) is 54.3 cm³/mol. The molecule has 0 aromatic carbocycles. The van der Waals surface area contributed by atoms with Gasteiger partial charge in [0.15, 0.2) is 0 Å². The fourth-order valence-corrected chi connectivity index (χ4v) is 0.964. The normalized spacial score (nSPS) is 11.1. The summed E-state index contributed by atoms with van der Waals surface area (Å²) in [5, 5.41) is 20.5. The first-order valence-electron chi connectivity index (χ1n) is 4.56. The number of nitrogens with one attached hydrogen (secondary N) is 1. The Bertz CT molecular complexity index is 323. The van der Waals surface area contributed by atoms with Gasteiger partial charge in [0.25, 0.3) is 5.91 Å². The van der Waals surface area contributed by atoms with Crippen molar-refractivity contribution in [3.05, 3.63) is 30.1 Å². The lowest BCUT2D eigenvalue weighted by Gasteiger charge is -2.25. The van der Waals surface area contributed by atoms with Crippen LogP contribution in [0.1, 0.15) is 17.4 Å². The molecule has 5 heteroatoms. The van der Waals surface area contributed by atoms with Crippen LogP contribution in [-0.2, 0) is 0 Å². The second kappa shape index (κ2) is 4.86. The van der Waals surface area contributed by atoms with Crippen LogP contribution >= 0.6 is 0 Å². The molecule has 82 valence electrons. The van der Waals surface area contributed by atoms with Gasteiger partial charge in [-0.25, -0.2) is 0 Å². The fraction of sp³-hybridized carbons (Fsp3) is 0.400. The summed E-state index contributed by atoms with van der Waals surface area (Å²) in [6, 6.07) is 4.95. The van der Waals surface area contributed by atoms with E-state index in [0.29, 0.717) is 0 Å². The van der Waals surface area contributed by atoms with Gasteiger partial charge in [-0.3, -0.25) is 9.78 Å². The number of carbonyl (C=O) groups excluding carboxylic acids is 1. The molecule has 15 heavy (non-hydrogen) atoms. The molecule has 0 unspecified atom stereocenters. The Balaban J connectivity index is 2.72. The Morgan fingerprint density at radius 1 is 1.47 bits per heavy atom. The zero-order valence-electron chi connectivity index (χ0n) is 8.47. The van der Waals surface area contributed by atoms with Crippen molar-refractivity contribution in [3.8, 4) is 0 Å². The van der Waals surface area contributed by atoms with Crippen LogP contribution in [0.15, 0.2) is 24.4 Å². The second-order valence-corrected chi connectivity index (χ2v) is 3.55. The number of hydrogen-bond acceptors (Lipinski definition) is 4. The third-order valence-corrected chi connectivity index (χ3v) is 2.01. The molecule has 0 spiro atoms. The molecule has 1 heterocycles. The van der Waals surface area contributed by atoms with Crippen LogP contribution in [0, 0.1) is 0 Å². The molecule has 0 aliphatic heterocycles. The van der Waals surface area contributed by atoms with Crippen molar-refractivity contribution in [1.29, 1.82) is 0 Å². The van der Waals surface area contributed by atoms with Crippen molar-refractivity contribution in [2.24, 2.45) is 0 Å². The first-order valence-corrected chi connectivity index (χ1v) is 4.56. The molecular weight excluding hydrogens is 196 g/mol. The van der Waals surface area contributed by atoms with Crippen molar-refractivity contribution in [2.45, 2.75) is 12.5 Å². The number of aliphatic hydroxyl groups excluding tert-OH is 2. The van der Waals surface area contributed by atoms with E-state index in [-0.39, 0.29) is 18.9 Å². The van der Waals surface area contributed by atoms with Gasteiger partial charge in [0, 0.05) is 6.20 Å². The highest BCUT2D eigenvalue weighted by Gasteiger charge is 2.25. The van der Waals surface area contributed by atoms with Gasteiger partial charge in [0.05, 0.1) is 18.8 Å². The lowest BCUT2D eigenvalue weighted by atomic mass is 10.1. The minimum atomic E-state index is -1.02. The monoisotopic (exact) mass is 210 g/mol. The van der Waals surface area contributed by atoms with E-state index in [1.807, 2.05) is 0 Å². The van der Waals surface area contributed by atoms with Gasteiger partial charge >= 0.3 is 0 Å². The largest absolute Gasteiger partial charge is 0.394 e. The van der Waals surface area contributed by atoms with E-state index in [1.165, 1.54) is 6.20 Å². The number of amides is 1. The van der Waals surface area contributed by atoms with E-state index < -0.39 is 11.4 Å². The number of aromatic nitrogens is 1. The van der Waals surface area contributed by atoms with Crippen LogP contribution in [0.2, 0.25) is 0 Å².